The van der Waals surface area contributed by atoms with Gasteiger partial charge in [-0.15, -0.1) is 11.3 Å². The Balaban J connectivity index is 2.66. The zero-order valence-corrected chi connectivity index (χ0v) is 10.4. The quantitative estimate of drug-likeness (QED) is 0.898. The van der Waals surface area contributed by atoms with Crippen molar-refractivity contribution in [2.75, 3.05) is 19.1 Å². The number of hydrogen-bond donors (Lipinski definition) is 1. The van der Waals surface area contributed by atoms with E-state index in [0.717, 1.165) is 5.75 Å². The van der Waals surface area contributed by atoms with Gasteiger partial charge in [-0.2, -0.15) is 11.8 Å². The minimum atomic E-state index is 0.497. The van der Waals surface area contributed by atoms with Gasteiger partial charge < -0.3 is 5.32 Å². The van der Waals surface area contributed by atoms with Gasteiger partial charge in [-0.05, 0) is 41.4 Å². The predicted molar refractivity (Wildman–Crippen MR) is 62.2 cm³/mol. The summed E-state index contributed by atoms with van der Waals surface area (Å²) in [6.45, 7) is 0. The number of thiophene rings is 1. The lowest BCUT2D eigenvalue weighted by atomic mass is 10.3. The average molecular weight is 266 g/mol. The van der Waals surface area contributed by atoms with Crippen LogP contribution in [0.1, 0.15) is 10.9 Å². The van der Waals surface area contributed by atoms with E-state index in [2.05, 4.69) is 39.6 Å². The number of nitrogens with one attached hydrogen (secondary N) is 1. The van der Waals surface area contributed by atoms with E-state index in [1.54, 1.807) is 11.3 Å². The highest BCUT2D eigenvalue weighted by atomic mass is 79.9. The molecule has 0 aliphatic heterocycles. The van der Waals surface area contributed by atoms with Gasteiger partial charge in [-0.25, -0.2) is 0 Å². The van der Waals surface area contributed by atoms with E-state index < -0.39 is 0 Å². The van der Waals surface area contributed by atoms with E-state index in [4.69, 9.17) is 0 Å². The molecule has 0 spiro atoms. The molecular formula is C8H12BrNS2. The van der Waals surface area contributed by atoms with Crippen molar-refractivity contribution in [2.24, 2.45) is 0 Å². The van der Waals surface area contributed by atoms with Crippen LogP contribution in [0.25, 0.3) is 0 Å². The molecule has 12 heavy (non-hydrogen) atoms. The fraction of sp³-hybridized carbons (Fsp3) is 0.500. The molecule has 0 fully saturated rings. The standard InChI is InChI=1S/C8H12BrNS2/c1-10-6(5-11-2)7-3-4-8(9)12-7/h3-4,6,10H,5H2,1-2H3. The van der Waals surface area contributed by atoms with Crippen molar-refractivity contribution >= 4 is 39.0 Å². The van der Waals surface area contributed by atoms with Gasteiger partial charge in [0, 0.05) is 10.6 Å². The van der Waals surface area contributed by atoms with Gasteiger partial charge in [0.15, 0.2) is 0 Å². The van der Waals surface area contributed by atoms with Crippen molar-refractivity contribution in [3.63, 3.8) is 0 Å². The minimum Gasteiger partial charge on any atom is -0.312 e. The summed E-state index contributed by atoms with van der Waals surface area (Å²) in [6.07, 6.45) is 2.13. The maximum absolute atomic E-state index is 3.46. The topological polar surface area (TPSA) is 12.0 Å². The first-order valence-corrected chi connectivity index (χ1v) is 6.69. The fourth-order valence-electron chi connectivity index (χ4n) is 0.990. The maximum atomic E-state index is 3.46. The van der Waals surface area contributed by atoms with E-state index in [0.29, 0.717) is 6.04 Å². The lowest BCUT2D eigenvalue weighted by Gasteiger charge is -2.11. The van der Waals surface area contributed by atoms with E-state index in [1.165, 1.54) is 8.66 Å². The zero-order chi connectivity index (χ0) is 8.97. The molecule has 1 unspecified atom stereocenters. The molecule has 68 valence electrons. The summed E-state index contributed by atoms with van der Waals surface area (Å²) >= 11 is 7.13. The highest BCUT2D eigenvalue weighted by Gasteiger charge is 2.09. The summed E-state index contributed by atoms with van der Waals surface area (Å²) in [5.41, 5.74) is 0. The number of halogens is 1. The fourth-order valence-corrected chi connectivity index (χ4v) is 3.31. The van der Waals surface area contributed by atoms with Gasteiger partial charge >= 0.3 is 0 Å². The molecule has 0 aromatic carbocycles. The van der Waals surface area contributed by atoms with Crippen LogP contribution in [0, 0.1) is 0 Å². The molecule has 0 amide bonds. The first-order chi connectivity index (χ1) is 5.77. The summed E-state index contributed by atoms with van der Waals surface area (Å²) in [4.78, 5) is 1.40. The van der Waals surface area contributed by atoms with Crippen molar-refractivity contribution in [1.29, 1.82) is 0 Å². The van der Waals surface area contributed by atoms with Gasteiger partial charge in [0.2, 0.25) is 0 Å². The summed E-state index contributed by atoms with van der Waals surface area (Å²) < 4.78 is 1.21. The van der Waals surface area contributed by atoms with Crippen molar-refractivity contribution in [2.45, 2.75) is 6.04 Å². The summed E-state index contributed by atoms with van der Waals surface area (Å²) in [5.74, 6) is 1.13. The number of rotatable bonds is 4. The van der Waals surface area contributed by atoms with E-state index in [1.807, 2.05) is 18.8 Å². The maximum Gasteiger partial charge on any atom is 0.0701 e. The van der Waals surface area contributed by atoms with Crippen LogP contribution in [0.5, 0.6) is 0 Å². The Morgan fingerprint density at radius 3 is 2.83 bits per heavy atom. The van der Waals surface area contributed by atoms with Gasteiger partial charge in [0.25, 0.3) is 0 Å². The van der Waals surface area contributed by atoms with Crippen LogP contribution in [-0.4, -0.2) is 19.1 Å². The summed E-state index contributed by atoms with van der Waals surface area (Å²) in [6, 6.07) is 4.77. The highest BCUT2D eigenvalue weighted by Crippen LogP contribution is 2.28. The molecule has 0 radical (unpaired) electrons. The molecule has 1 rings (SSSR count). The molecule has 1 N–H and O–H groups in total. The Morgan fingerprint density at radius 2 is 2.42 bits per heavy atom. The molecule has 0 aliphatic carbocycles. The van der Waals surface area contributed by atoms with E-state index >= 15 is 0 Å². The van der Waals surface area contributed by atoms with Gasteiger partial charge in [0.05, 0.1) is 9.83 Å². The Kier molecular flexibility index (Phi) is 4.64. The van der Waals surface area contributed by atoms with E-state index in [9.17, 15) is 0 Å². The van der Waals surface area contributed by atoms with Gasteiger partial charge in [-0.3, -0.25) is 0 Å². The molecule has 1 aromatic heterocycles. The van der Waals surface area contributed by atoms with Crippen LogP contribution in [0.2, 0.25) is 0 Å². The SMILES string of the molecule is CNC(CSC)c1ccc(Br)s1. The second-order valence-electron chi connectivity index (χ2n) is 2.44. The van der Waals surface area contributed by atoms with Crippen LogP contribution in [0.15, 0.2) is 15.9 Å². The first-order valence-electron chi connectivity index (χ1n) is 3.69. The van der Waals surface area contributed by atoms with Gasteiger partial charge in [0.1, 0.15) is 0 Å². The second kappa shape index (κ2) is 5.27. The lowest BCUT2D eigenvalue weighted by molar-refractivity contribution is 0.674. The summed E-state index contributed by atoms with van der Waals surface area (Å²) in [5, 5.41) is 3.30. The smallest absolute Gasteiger partial charge is 0.0701 e. The third-order valence-electron chi connectivity index (χ3n) is 1.62. The minimum absolute atomic E-state index is 0.497. The molecule has 0 aliphatic rings. The third kappa shape index (κ3) is 2.76. The van der Waals surface area contributed by atoms with Crippen LogP contribution >= 0.6 is 39.0 Å². The van der Waals surface area contributed by atoms with Crippen molar-refractivity contribution in [3.05, 3.63) is 20.8 Å². The normalized spacial score (nSPS) is 13.2. The Bertz CT molecular complexity index is 237. The second-order valence-corrected chi connectivity index (χ2v) is 5.84. The average Bonchev–Trinajstić information content (AvgIpc) is 2.47. The van der Waals surface area contributed by atoms with Crippen molar-refractivity contribution < 1.29 is 0 Å². The van der Waals surface area contributed by atoms with Crippen LogP contribution in [0.3, 0.4) is 0 Å². The van der Waals surface area contributed by atoms with Crippen molar-refractivity contribution in [3.8, 4) is 0 Å². The van der Waals surface area contributed by atoms with Gasteiger partial charge in [-0.1, -0.05) is 0 Å². The predicted octanol–water partition coefficient (Wildman–Crippen LogP) is 3.13. The van der Waals surface area contributed by atoms with Crippen LogP contribution in [-0.2, 0) is 0 Å². The number of hydrogen-bond acceptors (Lipinski definition) is 3. The third-order valence-corrected chi connectivity index (χ3v) is 4.02. The zero-order valence-electron chi connectivity index (χ0n) is 7.13. The molecule has 0 saturated heterocycles. The molecule has 1 aromatic rings. The Hall–Kier alpha value is 0.490. The highest BCUT2D eigenvalue weighted by molar-refractivity contribution is 9.11. The molecule has 0 saturated carbocycles. The summed E-state index contributed by atoms with van der Waals surface area (Å²) in [7, 11) is 2.01. The molecule has 1 nitrogen and oxygen atoms in total. The number of thioether (sulfide) groups is 1. The van der Waals surface area contributed by atoms with Crippen LogP contribution in [0.4, 0.5) is 0 Å². The molecule has 1 atom stereocenters. The largest absolute Gasteiger partial charge is 0.312 e. The Labute approximate surface area is 90.1 Å². The monoisotopic (exact) mass is 265 g/mol. The molecule has 4 heteroatoms. The molecule has 0 bridgehead atoms. The van der Waals surface area contributed by atoms with Crippen molar-refractivity contribution in [1.82, 2.24) is 5.32 Å². The molecular weight excluding hydrogens is 254 g/mol. The van der Waals surface area contributed by atoms with Crippen LogP contribution < -0.4 is 5.32 Å². The van der Waals surface area contributed by atoms with E-state index in [-0.39, 0.29) is 0 Å². The lowest BCUT2D eigenvalue weighted by Crippen LogP contribution is -2.17. The Morgan fingerprint density at radius 1 is 1.67 bits per heavy atom. The molecule has 1 heterocycles. The first kappa shape index (κ1) is 10.6.